The molecule has 0 aromatic heterocycles. The van der Waals surface area contributed by atoms with E-state index in [0.717, 1.165) is 31.0 Å². The Kier molecular flexibility index (Phi) is 3.97. The van der Waals surface area contributed by atoms with Crippen molar-refractivity contribution in [3.05, 3.63) is 23.3 Å². The molecule has 0 radical (unpaired) electrons. The molecule has 1 unspecified atom stereocenters. The van der Waals surface area contributed by atoms with E-state index in [4.69, 9.17) is 9.47 Å². The molecule has 0 aliphatic carbocycles. The van der Waals surface area contributed by atoms with Gasteiger partial charge < -0.3 is 14.8 Å². The number of ether oxygens (including phenoxy) is 2. The smallest absolute Gasteiger partial charge is 0.420 e. The highest BCUT2D eigenvalue weighted by Gasteiger charge is 2.37. The van der Waals surface area contributed by atoms with E-state index in [1.807, 2.05) is 0 Å². The summed E-state index contributed by atoms with van der Waals surface area (Å²) in [6, 6.07) is 2.94. The highest BCUT2D eigenvalue weighted by molar-refractivity contribution is 5.53. The molecule has 6 heteroatoms. The molecule has 3 rings (SSSR count). The van der Waals surface area contributed by atoms with Crippen LogP contribution in [0.15, 0.2) is 12.1 Å². The van der Waals surface area contributed by atoms with Gasteiger partial charge in [0.1, 0.15) is 5.56 Å². The molecule has 116 valence electrons. The predicted octanol–water partition coefficient (Wildman–Crippen LogP) is 3.16. The Morgan fingerprint density at radius 2 is 1.86 bits per heavy atom. The fourth-order valence-electron chi connectivity index (χ4n) is 2.89. The van der Waals surface area contributed by atoms with Crippen molar-refractivity contribution in [2.75, 3.05) is 19.8 Å². The highest BCUT2D eigenvalue weighted by atomic mass is 19.4. The van der Waals surface area contributed by atoms with Crippen LogP contribution in [0.4, 0.5) is 13.2 Å². The van der Waals surface area contributed by atoms with Crippen LogP contribution in [0.5, 0.6) is 11.5 Å². The third-order valence-electron chi connectivity index (χ3n) is 3.91. The van der Waals surface area contributed by atoms with Crippen molar-refractivity contribution < 1.29 is 22.6 Å². The van der Waals surface area contributed by atoms with Gasteiger partial charge in [0.15, 0.2) is 11.5 Å². The zero-order valence-corrected chi connectivity index (χ0v) is 11.6. The van der Waals surface area contributed by atoms with Gasteiger partial charge in [0, 0.05) is 12.5 Å². The van der Waals surface area contributed by atoms with E-state index in [0.29, 0.717) is 25.5 Å². The minimum Gasteiger partial charge on any atom is -0.489 e. The van der Waals surface area contributed by atoms with Gasteiger partial charge in [0.05, 0.1) is 13.2 Å². The van der Waals surface area contributed by atoms with Crippen molar-refractivity contribution in [3.63, 3.8) is 0 Å². The van der Waals surface area contributed by atoms with Crippen LogP contribution in [0.2, 0.25) is 0 Å². The standard InChI is InChI=1S/C15H18F3NO2/c16-15(17,18)12-5-4-10(9-11-3-1-6-19-11)13-14(12)21-8-2-7-20-13/h4-5,11,19H,1-3,6-9H2. The molecule has 21 heavy (non-hydrogen) atoms. The van der Waals surface area contributed by atoms with Crippen LogP contribution in [0, 0.1) is 0 Å². The van der Waals surface area contributed by atoms with Gasteiger partial charge in [0.25, 0.3) is 0 Å². The van der Waals surface area contributed by atoms with Crippen LogP contribution in [0.3, 0.4) is 0 Å². The Labute approximate surface area is 121 Å². The van der Waals surface area contributed by atoms with Gasteiger partial charge in [-0.1, -0.05) is 6.07 Å². The number of benzene rings is 1. The van der Waals surface area contributed by atoms with Crippen LogP contribution in [-0.2, 0) is 12.6 Å². The summed E-state index contributed by atoms with van der Waals surface area (Å²) in [6.45, 7) is 1.60. The van der Waals surface area contributed by atoms with Crippen molar-refractivity contribution in [2.24, 2.45) is 0 Å². The van der Waals surface area contributed by atoms with Gasteiger partial charge in [-0.3, -0.25) is 0 Å². The maximum Gasteiger partial charge on any atom is 0.420 e. The van der Waals surface area contributed by atoms with Crippen molar-refractivity contribution in [3.8, 4) is 11.5 Å². The predicted molar refractivity (Wildman–Crippen MR) is 71.8 cm³/mol. The Balaban J connectivity index is 1.97. The SMILES string of the molecule is FC(F)(F)c1ccc(CC2CCCN2)c2c1OCCCO2. The summed E-state index contributed by atoms with van der Waals surface area (Å²) in [5, 5.41) is 3.35. The van der Waals surface area contributed by atoms with Crippen LogP contribution < -0.4 is 14.8 Å². The van der Waals surface area contributed by atoms with Gasteiger partial charge in [0.2, 0.25) is 0 Å². The fourth-order valence-corrected chi connectivity index (χ4v) is 2.89. The summed E-state index contributed by atoms with van der Waals surface area (Å²) < 4.78 is 50.2. The average Bonchev–Trinajstić information content (AvgIpc) is 2.80. The lowest BCUT2D eigenvalue weighted by atomic mass is 10.0. The van der Waals surface area contributed by atoms with E-state index in [1.165, 1.54) is 6.07 Å². The zero-order valence-electron chi connectivity index (χ0n) is 11.6. The Hall–Kier alpha value is -1.43. The lowest BCUT2D eigenvalue weighted by Crippen LogP contribution is -2.24. The molecule has 1 atom stereocenters. The second-order valence-electron chi connectivity index (χ2n) is 5.48. The molecule has 0 bridgehead atoms. The van der Waals surface area contributed by atoms with Gasteiger partial charge in [-0.05, 0) is 37.4 Å². The fraction of sp³-hybridized carbons (Fsp3) is 0.600. The molecule has 1 N–H and O–H groups in total. The van der Waals surface area contributed by atoms with E-state index in [9.17, 15) is 13.2 Å². The lowest BCUT2D eigenvalue weighted by molar-refractivity contribution is -0.139. The molecule has 2 heterocycles. The quantitative estimate of drug-likeness (QED) is 0.910. The van der Waals surface area contributed by atoms with Crippen molar-refractivity contribution in [1.82, 2.24) is 5.32 Å². The first kappa shape index (κ1) is 14.5. The van der Waals surface area contributed by atoms with Gasteiger partial charge >= 0.3 is 6.18 Å². The Morgan fingerprint density at radius 3 is 2.52 bits per heavy atom. The second kappa shape index (κ2) is 5.75. The highest BCUT2D eigenvalue weighted by Crippen LogP contribution is 2.44. The normalized spacial score (nSPS) is 22.1. The minimum atomic E-state index is -4.43. The Bertz CT molecular complexity index is 510. The third kappa shape index (κ3) is 3.10. The molecular weight excluding hydrogens is 283 g/mol. The largest absolute Gasteiger partial charge is 0.489 e. The van der Waals surface area contributed by atoms with E-state index >= 15 is 0 Å². The van der Waals surface area contributed by atoms with E-state index < -0.39 is 11.7 Å². The maximum atomic E-state index is 13.1. The number of nitrogens with one attached hydrogen (secondary N) is 1. The minimum absolute atomic E-state index is 0.143. The summed E-state index contributed by atoms with van der Waals surface area (Å²) in [5.41, 5.74) is 0.0434. The van der Waals surface area contributed by atoms with Crippen molar-refractivity contribution >= 4 is 0 Å². The molecule has 1 saturated heterocycles. The van der Waals surface area contributed by atoms with E-state index in [1.54, 1.807) is 0 Å². The molecule has 0 saturated carbocycles. The summed E-state index contributed by atoms with van der Waals surface area (Å²) in [7, 11) is 0. The van der Waals surface area contributed by atoms with Crippen LogP contribution >= 0.6 is 0 Å². The maximum absolute atomic E-state index is 13.1. The van der Waals surface area contributed by atoms with Gasteiger partial charge in [-0.2, -0.15) is 13.2 Å². The first-order valence-corrected chi connectivity index (χ1v) is 7.28. The summed E-state index contributed by atoms with van der Waals surface area (Å²) in [4.78, 5) is 0. The average molecular weight is 301 g/mol. The van der Waals surface area contributed by atoms with Crippen LogP contribution in [0.1, 0.15) is 30.4 Å². The molecule has 0 amide bonds. The molecule has 1 fully saturated rings. The number of halogens is 3. The molecule has 3 nitrogen and oxygen atoms in total. The van der Waals surface area contributed by atoms with Crippen molar-refractivity contribution in [1.29, 1.82) is 0 Å². The van der Waals surface area contributed by atoms with Gasteiger partial charge in [-0.15, -0.1) is 0 Å². The number of hydrogen-bond acceptors (Lipinski definition) is 3. The Morgan fingerprint density at radius 1 is 1.10 bits per heavy atom. The number of rotatable bonds is 2. The monoisotopic (exact) mass is 301 g/mol. The van der Waals surface area contributed by atoms with E-state index in [-0.39, 0.29) is 18.1 Å². The molecular formula is C15H18F3NO2. The first-order valence-electron chi connectivity index (χ1n) is 7.28. The topological polar surface area (TPSA) is 30.5 Å². The molecule has 2 aliphatic rings. The van der Waals surface area contributed by atoms with Crippen LogP contribution in [0.25, 0.3) is 0 Å². The van der Waals surface area contributed by atoms with E-state index in [2.05, 4.69) is 5.32 Å². The summed E-state index contributed by atoms with van der Waals surface area (Å²) >= 11 is 0. The summed E-state index contributed by atoms with van der Waals surface area (Å²) in [6.07, 6.45) is -1.03. The zero-order chi connectivity index (χ0) is 14.9. The number of fused-ring (bicyclic) bond motifs is 1. The lowest BCUT2D eigenvalue weighted by Gasteiger charge is -2.19. The number of hydrogen-bond donors (Lipinski definition) is 1. The summed E-state index contributed by atoms with van der Waals surface area (Å²) in [5.74, 6) is 0.131. The molecule has 2 aliphatic heterocycles. The van der Waals surface area contributed by atoms with Crippen LogP contribution in [-0.4, -0.2) is 25.8 Å². The number of alkyl halides is 3. The molecule has 1 aromatic rings. The van der Waals surface area contributed by atoms with Gasteiger partial charge in [-0.25, -0.2) is 0 Å². The molecule has 0 spiro atoms. The first-order chi connectivity index (χ1) is 10.1. The van der Waals surface area contributed by atoms with Crippen molar-refractivity contribution in [2.45, 2.75) is 37.9 Å². The second-order valence-corrected chi connectivity index (χ2v) is 5.48. The third-order valence-corrected chi connectivity index (χ3v) is 3.91. The molecule has 1 aromatic carbocycles.